The number of nitrogens with one attached hydrogen (secondary N) is 3. The van der Waals surface area contributed by atoms with Crippen molar-refractivity contribution >= 4 is 40.9 Å². The molecule has 0 aliphatic heterocycles. The predicted molar refractivity (Wildman–Crippen MR) is 124 cm³/mol. The molecule has 9 heteroatoms. The summed E-state index contributed by atoms with van der Waals surface area (Å²) in [5.74, 6) is 0.293. The van der Waals surface area contributed by atoms with Crippen molar-refractivity contribution in [2.75, 3.05) is 18.4 Å². The maximum Gasteiger partial charge on any atom is 0.255 e. The van der Waals surface area contributed by atoms with E-state index in [-0.39, 0.29) is 24.2 Å². The van der Waals surface area contributed by atoms with Gasteiger partial charge in [0.25, 0.3) is 11.8 Å². The van der Waals surface area contributed by atoms with Crippen molar-refractivity contribution < 1.29 is 9.59 Å². The number of imidazole rings is 1. The highest BCUT2D eigenvalue weighted by Crippen LogP contribution is 2.25. The van der Waals surface area contributed by atoms with Gasteiger partial charge in [-0.05, 0) is 36.4 Å². The number of hydrogen-bond donors (Lipinski definition) is 4. The van der Waals surface area contributed by atoms with E-state index < -0.39 is 0 Å². The van der Waals surface area contributed by atoms with Crippen molar-refractivity contribution in [3.8, 4) is 11.5 Å². The first-order valence-corrected chi connectivity index (χ1v) is 9.56. The Kier molecular flexibility index (Phi) is 6.74. The molecule has 0 aliphatic rings. The molecule has 0 bridgehead atoms. The summed E-state index contributed by atoms with van der Waals surface area (Å²) in [5.41, 5.74) is 9.54. The minimum atomic E-state index is -0.178. The molecule has 0 saturated carbocycles. The van der Waals surface area contributed by atoms with E-state index in [9.17, 15) is 9.59 Å². The smallest absolute Gasteiger partial charge is 0.255 e. The van der Waals surface area contributed by atoms with Gasteiger partial charge in [-0.2, -0.15) is 0 Å². The normalized spacial score (nSPS) is 10.5. The summed E-state index contributed by atoms with van der Waals surface area (Å²) >= 11 is 0. The van der Waals surface area contributed by atoms with Gasteiger partial charge in [0.2, 0.25) is 0 Å². The number of benzene rings is 2. The zero-order valence-electron chi connectivity index (χ0n) is 16.9. The highest BCUT2D eigenvalue weighted by Gasteiger charge is 2.14. The lowest BCUT2D eigenvalue weighted by Gasteiger charge is -2.02. The Hall–Kier alpha value is -3.62. The van der Waals surface area contributed by atoms with Crippen LogP contribution in [0, 0.1) is 0 Å². The minimum absolute atomic E-state index is 0. The maximum atomic E-state index is 12.4. The standard InChI is InChI=1S/C22H22N6O2.ClH/c1-28-13-16(25-22(30)14-5-3-2-4-6-14)12-19(28)20-26-17-8-7-15(11-18(17)27-20)21(29)24-10-9-23;/h2-8,11-13H,9-10,23H2,1H3,(H,24,29)(H,25,30)(H,26,27);1H. The monoisotopic (exact) mass is 438 g/mol. The van der Waals surface area contributed by atoms with Gasteiger partial charge in [-0.15, -0.1) is 12.4 Å². The van der Waals surface area contributed by atoms with Gasteiger partial charge in [-0.25, -0.2) is 4.98 Å². The van der Waals surface area contributed by atoms with Gasteiger partial charge in [0, 0.05) is 37.5 Å². The van der Waals surface area contributed by atoms with Crippen LogP contribution in [0.4, 0.5) is 5.69 Å². The van der Waals surface area contributed by atoms with E-state index in [1.54, 1.807) is 30.3 Å². The van der Waals surface area contributed by atoms with Crippen molar-refractivity contribution in [1.29, 1.82) is 0 Å². The van der Waals surface area contributed by atoms with Crippen LogP contribution in [-0.2, 0) is 7.05 Å². The van der Waals surface area contributed by atoms with Crippen molar-refractivity contribution in [1.82, 2.24) is 19.9 Å². The molecular weight excluding hydrogens is 416 g/mol. The number of anilines is 1. The number of carbonyl (C=O) groups excluding carboxylic acids is 2. The molecule has 8 nitrogen and oxygen atoms in total. The Morgan fingerprint density at radius 2 is 1.84 bits per heavy atom. The van der Waals surface area contributed by atoms with Crippen LogP contribution < -0.4 is 16.4 Å². The predicted octanol–water partition coefficient (Wildman–Crippen LogP) is 2.93. The minimum Gasteiger partial charge on any atom is -0.351 e. The second kappa shape index (κ2) is 9.46. The van der Waals surface area contributed by atoms with Crippen molar-refractivity contribution in [2.24, 2.45) is 12.8 Å². The van der Waals surface area contributed by atoms with Crippen LogP contribution in [0.1, 0.15) is 20.7 Å². The molecule has 4 rings (SSSR count). The number of carbonyl (C=O) groups is 2. The van der Waals surface area contributed by atoms with Gasteiger partial charge in [-0.3, -0.25) is 9.59 Å². The Balaban J connectivity index is 0.00000272. The molecule has 5 N–H and O–H groups in total. The topological polar surface area (TPSA) is 118 Å². The van der Waals surface area contributed by atoms with Crippen LogP contribution in [-0.4, -0.2) is 39.4 Å². The summed E-state index contributed by atoms with van der Waals surface area (Å²) in [7, 11) is 1.88. The Bertz CT molecular complexity index is 1220. The average Bonchev–Trinajstić information content (AvgIpc) is 3.34. The third-order valence-corrected chi connectivity index (χ3v) is 4.72. The first kappa shape index (κ1) is 22.1. The molecular formula is C22H23ClN6O2. The highest BCUT2D eigenvalue weighted by molar-refractivity contribution is 6.04. The highest BCUT2D eigenvalue weighted by atomic mass is 35.5. The summed E-state index contributed by atoms with van der Waals surface area (Å²) in [5, 5.41) is 5.66. The SMILES string of the molecule is Cl.Cn1cc(NC(=O)c2ccccc2)cc1-c1nc2ccc(C(=O)NCCN)cc2[nH]1. The Labute approximate surface area is 185 Å². The number of nitrogens with zero attached hydrogens (tertiary/aromatic N) is 2. The number of hydrogen-bond acceptors (Lipinski definition) is 4. The largest absolute Gasteiger partial charge is 0.351 e. The van der Waals surface area contributed by atoms with Crippen LogP contribution in [0.15, 0.2) is 60.8 Å². The molecule has 0 spiro atoms. The molecule has 0 radical (unpaired) electrons. The van der Waals surface area contributed by atoms with Crippen LogP contribution >= 0.6 is 12.4 Å². The first-order chi connectivity index (χ1) is 14.5. The molecule has 31 heavy (non-hydrogen) atoms. The number of fused-ring (bicyclic) bond motifs is 1. The quantitative estimate of drug-likeness (QED) is 0.370. The molecule has 0 unspecified atom stereocenters. The lowest BCUT2D eigenvalue weighted by molar-refractivity contribution is 0.0954. The van der Waals surface area contributed by atoms with Gasteiger partial charge >= 0.3 is 0 Å². The summed E-state index contributed by atoms with van der Waals surface area (Å²) in [6.07, 6.45) is 1.83. The lowest BCUT2D eigenvalue weighted by Crippen LogP contribution is -2.28. The van der Waals surface area contributed by atoms with E-state index in [2.05, 4.69) is 20.6 Å². The van der Waals surface area contributed by atoms with E-state index >= 15 is 0 Å². The zero-order valence-corrected chi connectivity index (χ0v) is 17.7. The molecule has 160 valence electrons. The number of H-pyrrole nitrogens is 1. The molecule has 0 atom stereocenters. The molecule has 2 amide bonds. The molecule has 0 fully saturated rings. The molecule has 4 aromatic rings. The maximum absolute atomic E-state index is 12.4. The number of aromatic nitrogens is 3. The Morgan fingerprint density at radius 1 is 1.06 bits per heavy atom. The summed E-state index contributed by atoms with van der Waals surface area (Å²) < 4.78 is 1.88. The van der Waals surface area contributed by atoms with Gasteiger partial charge < -0.3 is 25.9 Å². The molecule has 2 aromatic carbocycles. The second-order valence-electron chi connectivity index (χ2n) is 6.91. The van der Waals surface area contributed by atoms with Gasteiger partial charge in [-0.1, -0.05) is 18.2 Å². The fourth-order valence-electron chi connectivity index (χ4n) is 3.22. The average molecular weight is 439 g/mol. The number of halogens is 1. The lowest BCUT2D eigenvalue weighted by atomic mass is 10.2. The van der Waals surface area contributed by atoms with Crippen LogP contribution in [0.3, 0.4) is 0 Å². The van der Waals surface area contributed by atoms with Crippen molar-refractivity contribution in [3.63, 3.8) is 0 Å². The Morgan fingerprint density at radius 3 is 2.58 bits per heavy atom. The molecule has 2 aromatic heterocycles. The van der Waals surface area contributed by atoms with E-state index in [1.807, 2.05) is 42.1 Å². The zero-order chi connectivity index (χ0) is 21.1. The van der Waals surface area contributed by atoms with Crippen molar-refractivity contribution in [2.45, 2.75) is 0 Å². The van der Waals surface area contributed by atoms with Gasteiger partial charge in [0.15, 0.2) is 5.82 Å². The van der Waals surface area contributed by atoms with Gasteiger partial charge in [0.1, 0.15) is 0 Å². The van der Waals surface area contributed by atoms with E-state index in [1.165, 1.54) is 0 Å². The number of aromatic amines is 1. The molecule has 0 aliphatic carbocycles. The van der Waals surface area contributed by atoms with Crippen molar-refractivity contribution in [3.05, 3.63) is 71.9 Å². The van der Waals surface area contributed by atoms with Crippen LogP contribution in [0.5, 0.6) is 0 Å². The van der Waals surface area contributed by atoms with E-state index in [4.69, 9.17) is 5.73 Å². The summed E-state index contributed by atoms with van der Waals surface area (Å²) in [6.45, 7) is 0.810. The molecule has 2 heterocycles. The van der Waals surface area contributed by atoms with Gasteiger partial charge in [0.05, 0.1) is 22.4 Å². The number of nitrogens with two attached hydrogens (primary N) is 1. The number of rotatable bonds is 6. The second-order valence-corrected chi connectivity index (χ2v) is 6.91. The third-order valence-electron chi connectivity index (χ3n) is 4.72. The van der Waals surface area contributed by atoms with Crippen LogP contribution in [0.2, 0.25) is 0 Å². The number of aryl methyl sites for hydroxylation is 1. The first-order valence-electron chi connectivity index (χ1n) is 9.56. The molecule has 0 saturated heterocycles. The summed E-state index contributed by atoms with van der Waals surface area (Å²) in [4.78, 5) is 32.4. The number of amides is 2. The van der Waals surface area contributed by atoms with E-state index in [0.29, 0.717) is 35.7 Å². The summed E-state index contributed by atoms with van der Waals surface area (Å²) in [6, 6.07) is 16.2. The van der Waals surface area contributed by atoms with Crippen LogP contribution in [0.25, 0.3) is 22.6 Å². The van der Waals surface area contributed by atoms with E-state index in [0.717, 1.165) is 16.7 Å². The fourth-order valence-corrected chi connectivity index (χ4v) is 3.22. The third kappa shape index (κ3) is 4.76. The fraction of sp³-hybridized carbons (Fsp3) is 0.136.